The molecule has 0 bridgehead atoms. The van der Waals surface area contributed by atoms with Gasteiger partial charge in [0.15, 0.2) is 0 Å². The van der Waals surface area contributed by atoms with Crippen molar-refractivity contribution in [1.82, 2.24) is 5.32 Å². The minimum Gasteiger partial charge on any atom is -0.478 e. The number of nitrogens with one attached hydrogen (secondary N) is 1. The van der Waals surface area contributed by atoms with Crippen LogP contribution in [-0.4, -0.2) is 36.1 Å². The van der Waals surface area contributed by atoms with Crippen LogP contribution in [0.5, 0.6) is 0 Å². The van der Waals surface area contributed by atoms with Gasteiger partial charge in [0, 0.05) is 37.8 Å². The van der Waals surface area contributed by atoms with E-state index in [1.165, 1.54) is 6.92 Å². The molecule has 1 heterocycles. The first-order valence-corrected chi connectivity index (χ1v) is 6.58. The maximum atomic E-state index is 11.0. The molecule has 1 atom stereocenters. The summed E-state index contributed by atoms with van der Waals surface area (Å²) in [7, 11) is 0. The van der Waals surface area contributed by atoms with Gasteiger partial charge in [0.25, 0.3) is 0 Å². The topological polar surface area (TPSA) is 69.6 Å². The second-order valence-electron chi connectivity index (χ2n) is 4.90. The van der Waals surface area contributed by atoms with Crippen LogP contribution in [0.4, 0.5) is 5.69 Å². The van der Waals surface area contributed by atoms with Crippen molar-refractivity contribution in [3.05, 3.63) is 35.9 Å². The SMILES string of the molecule is CC(=O)NC1CCN(c2ccc(/C=C/C(=O)O)cc2)C1. The van der Waals surface area contributed by atoms with Crippen LogP contribution in [-0.2, 0) is 9.59 Å². The molecule has 20 heavy (non-hydrogen) atoms. The minimum atomic E-state index is -0.952. The molecule has 2 rings (SSSR count). The normalized spacial score (nSPS) is 18.4. The Hall–Kier alpha value is -2.30. The monoisotopic (exact) mass is 274 g/mol. The van der Waals surface area contributed by atoms with Gasteiger partial charge in [-0.25, -0.2) is 4.79 Å². The number of nitrogens with zero attached hydrogens (tertiary/aromatic N) is 1. The Balaban J connectivity index is 1.97. The third-order valence-corrected chi connectivity index (χ3v) is 3.27. The van der Waals surface area contributed by atoms with Gasteiger partial charge in [0.2, 0.25) is 5.91 Å². The largest absolute Gasteiger partial charge is 0.478 e. The van der Waals surface area contributed by atoms with E-state index < -0.39 is 5.97 Å². The summed E-state index contributed by atoms with van der Waals surface area (Å²) >= 11 is 0. The van der Waals surface area contributed by atoms with Crippen LogP contribution in [0.25, 0.3) is 6.08 Å². The fraction of sp³-hybridized carbons (Fsp3) is 0.333. The number of carbonyl (C=O) groups is 2. The van der Waals surface area contributed by atoms with E-state index in [1.54, 1.807) is 6.08 Å². The first-order chi connectivity index (χ1) is 9.54. The van der Waals surface area contributed by atoms with Gasteiger partial charge >= 0.3 is 5.97 Å². The van der Waals surface area contributed by atoms with Crippen molar-refractivity contribution >= 4 is 23.6 Å². The summed E-state index contributed by atoms with van der Waals surface area (Å²) in [5.41, 5.74) is 1.94. The number of carboxylic acid groups (broad SMARTS) is 1. The molecule has 1 aliphatic heterocycles. The van der Waals surface area contributed by atoms with E-state index in [0.29, 0.717) is 0 Å². The fourth-order valence-corrected chi connectivity index (χ4v) is 2.36. The number of carboxylic acids is 1. The summed E-state index contributed by atoms with van der Waals surface area (Å²) in [6.07, 6.45) is 3.63. The van der Waals surface area contributed by atoms with Crippen molar-refractivity contribution in [2.45, 2.75) is 19.4 Å². The maximum Gasteiger partial charge on any atom is 0.328 e. The van der Waals surface area contributed by atoms with Gasteiger partial charge in [-0.3, -0.25) is 4.79 Å². The number of hydrogen-bond acceptors (Lipinski definition) is 3. The molecule has 1 aromatic rings. The number of rotatable bonds is 4. The van der Waals surface area contributed by atoms with E-state index in [4.69, 9.17) is 5.11 Å². The Morgan fingerprint density at radius 2 is 2.05 bits per heavy atom. The van der Waals surface area contributed by atoms with Crippen molar-refractivity contribution in [2.75, 3.05) is 18.0 Å². The summed E-state index contributed by atoms with van der Waals surface area (Å²) in [5, 5.41) is 11.5. The summed E-state index contributed by atoms with van der Waals surface area (Å²) in [5.74, 6) is -0.947. The van der Waals surface area contributed by atoms with Crippen LogP contribution >= 0.6 is 0 Å². The van der Waals surface area contributed by atoms with Gasteiger partial charge in [-0.05, 0) is 30.2 Å². The first kappa shape index (κ1) is 14.1. The average molecular weight is 274 g/mol. The van der Waals surface area contributed by atoms with Gasteiger partial charge < -0.3 is 15.3 Å². The zero-order valence-corrected chi connectivity index (χ0v) is 11.4. The highest BCUT2D eigenvalue weighted by molar-refractivity contribution is 5.85. The highest BCUT2D eigenvalue weighted by Gasteiger charge is 2.22. The maximum absolute atomic E-state index is 11.0. The third-order valence-electron chi connectivity index (χ3n) is 3.27. The van der Waals surface area contributed by atoms with Gasteiger partial charge in [0.05, 0.1) is 0 Å². The predicted octanol–water partition coefficient (Wildman–Crippen LogP) is 1.50. The van der Waals surface area contributed by atoms with E-state index in [-0.39, 0.29) is 11.9 Å². The van der Waals surface area contributed by atoms with E-state index in [2.05, 4.69) is 10.2 Å². The summed E-state index contributed by atoms with van der Waals surface area (Å²) < 4.78 is 0. The van der Waals surface area contributed by atoms with Crippen molar-refractivity contribution in [3.63, 3.8) is 0 Å². The second kappa shape index (κ2) is 6.23. The van der Waals surface area contributed by atoms with Crippen LogP contribution in [0, 0.1) is 0 Å². The lowest BCUT2D eigenvalue weighted by molar-refractivity contribution is -0.131. The lowest BCUT2D eigenvalue weighted by atomic mass is 10.2. The molecular formula is C15H18N2O3. The molecule has 5 heteroatoms. The zero-order chi connectivity index (χ0) is 14.5. The molecule has 0 aliphatic carbocycles. The van der Waals surface area contributed by atoms with Gasteiger partial charge in [0.1, 0.15) is 0 Å². The van der Waals surface area contributed by atoms with Crippen LogP contribution in [0.1, 0.15) is 18.9 Å². The number of amides is 1. The van der Waals surface area contributed by atoms with Crippen molar-refractivity contribution < 1.29 is 14.7 Å². The van der Waals surface area contributed by atoms with E-state index >= 15 is 0 Å². The van der Waals surface area contributed by atoms with E-state index in [1.807, 2.05) is 24.3 Å². The predicted molar refractivity (Wildman–Crippen MR) is 77.5 cm³/mol. The van der Waals surface area contributed by atoms with Crippen molar-refractivity contribution in [1.29, 1.82) is 0 Å². The third kappa shape index (κ3) is 3.85. The Morgan fingerprint density at radius 3 is 2.65 bits per heavy atom. The molecule has 0 radical (unpaired) electrons. The Morgan fingerprint density at radius 1 is 1.35 bits per heavy atom. The average Bonchev–Trinajstić information content (AvgIpc) is 2.84. The molecule has 1 saturated heterocycles. The Bertz CT molecular complexity index is 522. The number of aliphatic carboxylic acids is 1. The molecule has 1 aromatic carbocycles. The molecular weight excluding hydrogens is 256 g/mol. The Labute approximate surface area is 117 Å². The van der Waals surface area contributed by atoms with Gasteiger partial charge in [-0.2, -0.15) is 0 Å². The van der Waals surface area contributed by atoms with Crippen LogP contribution in [0.2, 0.25) is 0 Å². The number of benzene rings is 1. The minimum absolute atomic E-state index is 0.00556. The highest BCUT2D eigenvalue weighted by atomic mass is 16.4. The number of carbonyl (C=O) groups excluding carboxylic acids is 1. The van der Waals surface area contributed by atoms with E-state index in [0.717, 1.165) is 36.8 Å². The van der Waals surface area contributed by atoms with E-state index in [9.17, 15) is 9.59 Å². The molecule has 1 amide bonds. The molecule has 0 spiro atoms. The molecule has 1 aliphatic rings. The molecule has 2 N–H and O–H groups in total. The fourth-order valence-electron chi connectivity index (χ4n) is 2.36. The number of hydrogen-bond donors (Lipinski definition) is 2. The standard InChI is InChI=1S/C15H18N2O3/c1-11(18)16-13-8-9-17(10-13)14-5-2-12(3-6-14)4-7-15(19)20/h2-7,13H,8-10H2,1H3,(H,16,18)(H,19,20)/b7-4+. The zero-order valence-electron chi connectivity index (χ0n) is 11.4. The highest BCUT2D eigenvalue weighted by Crippen LogP contribution is 2.21. The second-order valence-corrected chi connectivity index (χ2v) is 4.90. The summed E-state index contributed by atoms with van der Waals surface area (Å²) in [6, 6.07) is 7.93. The lowest BCUT2D eigenvalue weighted by Gasteiger charge is -2.19. The molecule has 1 unspecified atom stereocenters. The van der Waals surface area contributed by atoms with Crippen molar-refractivity contribution in [3.8, 4) is 0 Å². The molecule has 5 nitrogen and oxygen atoms in total. The first-order valence-electron chi connectivity index (χ1n) is 6.58. The Kier molecular flexibility index (Phi) is 4.40. The van der Waals surface area contributed by atoms with Crippen LogP contribution in [0.15, 0.2) is 30.3 Å². The molecule has 0 saturated carbocycles. The van der Waals surface area contributed by atoms with Crippen molar-refractivity contribution in [2.24, 2.45) is 0 Å². The summed E-state index contributed by atoms with van der Waals surface area (Å²) in [6.45, 7) is 3.26. The smallest absolute Gasteiger partial charge is 0.328 e. The van der Waals surface area contributed by atoms with Crippen LogP contribution < -0.4 is 10.2 Å². The molecule has 106 valence electrons. The molecule has 0 aromatic heterocycles. The summed E-state index contributed by atoms with van der Waals surface area (Å²) in [4.78, 5) is 23.7. The molecule has 1 fully saturated rings. The van der Waals surface area contributed by atoms with Gasteiger partial charge in [-0.1, -0.05) is 12.1 Å². The number of anilines is 1. The van der Waals surface area contributed by atoms with Crippen LogP contribution in [0.3, 0.4) is 0 Å². The van der Waals surface area contributed by atoms with Gasteiger partial charge in [-0.15, -0.1) is 0 Å². The quantitative estimate of drug-likeness (QED) is 0.816. The lowest BCUT2D eigenvalue weighted by Crippen LogP contribution is -2.35.